The van der Waals surface area contributed by atoms with E-state index in [1.807, 2.05) is 30.3 Å². The van der Waals surface area contributed by atoms with Crippen LogP contribution in [-0.2, 0) is 11.2 Å². The monoisotopic (exact) mass is 349 g/mol. The summed E-state index contributed by atoms with van der Waals surface area (Å²) in [4.78, 5) is 24.1. The molecule has 0 amide bonds. The second-order valence-electron chi connectivity index (χ2n) is 5.91. The molecule has 1 N–H and O–H groups in total. The van der Waals surface area contributed by atoms with E-state index in [1.165, 1.54) is 17.8 Å². The molecule has 0 radical (unpaired) electrons. The van der Waals surface area contributed by atoms with Crippen LogP contribution in [0.5, 0.6) is 5.75 Å². The predicted octanol–water partition coefficient (Wildman–Crippen LogP) is 3.94. The van der Waals surface area contributed by atoms with Crippen LogP contribution in [0.4, 0.5) is 0 Å². The molecule has 0 saturated carbocycles. The van der Waals surface area contributed by atoms with Crippen LogP contribution >= 0.6 is 0 Å². The van der Waals surface area contributed by atoms with Gasteiger partial charge >= 0.3 is 5.97 Å². The number of ether oxygens (including phenoxy) is 1. The Morgan fingerprint density at radius 1 is 1.12 bits per heavy atom. The number of rotatable bonds is 5. The van der Waals surface area contributed by atoms with Crippen LogP contribution in [0.15, 0.2) is 54.6 Å². The highest BCUT2D eigenvalue weighted by Crippen LogP contribution is 2.34. The molecule has 3 aromatic rings. The number of carboxylic acids is 1. The van der Waals surface area contributed by atoms with E-state index in [0.29, 0.717) is 27.9 Å². The number of nitrogens with zero attached hydrogens (tertiary/aromatic N) is 1. The van der Waals surface area contributed by atoms with Gasteiger partial charge in [0.25, 0.3) is 5.91 Å². The summed E-state index contributed by atoms with van der Waals surface area (Å²) in [6.07, 6.45) is 3.06. The van der Waals surface area contributed by atoms with Gasteiger partial charge in [-0.05, 0) is 36.3 Å². The Bertz CT molecular complexity index is 1000. The van der Waals surface area contributed by atoms with Gasteiger partial charge in [0.05, 0.1) is 19.0 Å². The molecule has 0 bridgehead atoms. The Kier molecular flexibility index (Phi) is 4.89. The molecule has 0 unspecified atom stereocenters. The minimum Gasteiger partial charge on any atom is -0.496 e. The summed E-state index contributed by atoms with van der Waals surface area (Å²) in [5.41, 5.74) is 2.75. The molecule has 0 aliphatic rings. The lowest BCUT2D eigenvalue weighted by atomic mass is 10.1. The molecule has 5 nitrogen and oxygen atoms in total. The number of fused-ring (bicyclic) bond motifs is 1. The molecular weight excluding hydrogens is 330 g/mol. The Labute approximate surface area is 151 Å². The lowest BCUT2D eigenvalue weighted by molar-refractivity contribution is -0.136. The highest BCUT2D eigenvalue weighted by atomic mass is 16.5. The summed E-state index contributed by atoms with van der Waals surface area (Å²) >= 11 is 0. The fraction of sp³-hybridized carbons (Fsp3) is 0.143. The minimum absolute atomic E-state index is 0.175. The lowest BCUT2D eigenvalue weighted by Crippen LogP contribution is -2.10. The van der Waals surface area contributed by atoms with Crippen molar-refractivity contribution in [2.45, 2.75) is 13.3 Å². The van der Waals surface area contributed by atoms with E-state index in [1.54, 1.807) is 31.2 Å². The van der Waals surface area contributed by atoms with Crippen molar-refractivity contribution < 1.29 is 19.4 Å². The molecule has 2 aromatic carbocycles. The van der Waals surface area contributed by atoms with Gasteiger partial charge in [0.1, 0.15) is 5.75 Å². The van der Waals surface area contributed by atoms with Crippen molar-refractivity contribution in [1.29, 1.82) is 0 Å². The molecule has 3 rings (SSSR count). The van der Waals surface area contributed by atoms with Crippen molar-refractivity contribution in [3.05, 3.63) is 71.4 Å². The van der Waals surface area contributed by atoms with Gasteiger partial charge in [-0.15, -0.1) is 0 Å². The molecule has 1 heterocycles. The molecule has 0 spiro atoms. The number of benzene rings is 2. The second kappa shape index (κ2) is 7.27. The highest BCUT2D eigenvalue weighted by Gasteiger charge is 2.21. The number of carboxylic acid groups (broad SMARTS) is 1. The number of hydrogen-bond donors (Lipinski definition) is 1. The van der Waals surface area contributed by atoms with Crippen molar-refractivity contribution in [3.63, 3.8) is 0 Å². The predicted molar refractivity (Wildman–Crippen MR) is 101 cm³/mol. The van der Waals surface area contributed by atoms with E-state index in [-0.39, 0.29) is 12.3 Å². The topological polar surface area (TPSA) is 68.5 Å². The van der Waals surface area contributed by atoms with Crippen LogP contribution in [0.1, 0.15) is 21.6 Å². The number of methoxy groups -OCH3 is 1. The van der Waals surface area contributed by atoms with Gasteiger partial charge in [-0.2, -0.15) is 0 Å². The zero-order valence-corrected chi connectivity index (χ0v) is 14.6. The quantitative estimate of drug-likeness (QED) is 0.709. The van der Waals surface area contributed by atoms with E-state index < -0.39 is 5.97 Å². The van der Waals surface area contributed by atoms with E-state index in [4.69, 9.17) is 4.74 Å². The number of aromatic nitrogens is 1. The van der Waals surface area contributed by atoms with Gasteiger partial charge in [-0.3, -0.25) is 14.2 Å². The first-order valence-electron chi connectivity index (χ1n) is 8.19. The summed E-state index contributed by atoms with van der Waals surface area (Å²) in [6, 6.07) is 14.9. The van der Waals surface area contributed by atoms with Crippen LogP contribution in [0.25, 0.3) is 17.0 Å². The maximum Gasteiger partial charge on any atom is 0.307 e. The average molecular weight is 349 g/mol. The third-order valence-electron chi connectivity index (χ3n) is 4.31. The fourth-order valence-electron chi connectivity index (χ4n) is 3.13. The Balaban J connectivity index is 2.13. The minimum atomic E-state index is -0.953. The summed E-state index contributed by atoms with van der Waals surface area (Å²) in [5, 5.41) is 9.93. The lowest BCUT2D eigenvalue weighted by Gasteiger charge is -2.05. The number of hydrogen-bond acceptors (Lipinski definition) is 3. The first kappa shape index (κ1) is 17.5. The molecule has 0 fully saturated rings. The average Bonchev–Trinajstić information content (AvgIpc) is 2.92. The van der Waals surface area contributed by atoms with Crippen LogP contribution in [0.3, 0.4) is 0 Å². The molecule has 26 heavy (non-hydrogen) atoms. The van der Waals surface area contributed by atoms with Gasteiger partial charge in [0, 0.05) is 17.2 Å². The molecular formula is C21H19NO4. The normalized spacial score (nSPS) is 11.2. The van der Waals surface area contributed by atoms with Crippen LogP contribution in [0, 0.1) is 6.92 Å². The van der Waals surface area contributed by atoms with Gasteiger partial charge < -0.3 is 9.84 Å². The van der Waals surface area contributed by atoms with Gasteiger partial charge in [0.15, 0.2) is 0 Å². The first-order chi connectivity index (χ1) is 12.5. The van der Waals surface area contributed by atoms with Crippen LogP contribution < -0.4 is 4.74 Å². The smallest absolute Gasteiger partial charge is 0.307 e. The van der Waals surface area contributed by atoms with Crippen LogP contribution in [0.2, 0.25) is 0 Å². The standard InChI is InChI=1S/C21H19NO4/c1-14-16(13-20(24)25)21-17(9-6-10-18(21)26-2)22(14)19(23)12-11-15-7-4-3-5-8-15/h3-12H,13H2,1-2H3,(H,24,25). The zero-order chi connectivity index (χ0) is 18.7. The summed E-state index contributed by atoms with van der Waals surface area (Å²) in [7, 11) is 1.53. The van der Waals surface area contributed by atoms with E-state index in [9.17, 15) is 14.7 Å². The SMILES string of the molecule is COc1cccc2c1c(CC(=O)O)c(C)n2C(=O)C=Cc1ccccc1. The van der Waals surface area contributed by atoms with E-state index >= 15 is 0 Å². The molecule has 132 valence electrons. The van der Waals surface area contributed by atoms with Gasteiger partial charge in [-0.1, -0.05) is 36.4 Å². The third kappa shape index (κ3) is 3.24. The number of allylic oxidation sites excluding steroid dienone is 1. The number of aliphatic carboxylic acids is 1. The van der Waals surface area contributed by atoms with E-state index in [2.05, 4.69) is 0 Å². The maximum absolute atomic E-state index is 12.8. The third-order valence-corrected chi connectivity index (χ3v) is 4.31. The molecule has 0 aliphatic heterocycles. The van der Waals surface area contributed by atoms with Crippen molar-refractivity contribution in [2.24, 2.45) is 0 Å². The Morgan fingerprint density at radius 2 is 1.85 bits per heavy atom. The largest absolute Gasteiger partial charge is 0.496 e. The zero-order valence-electron chi connectivity index (χ0n) is 14.6. The number of carbonyl (C=O) groups excluding carboxylic acids is 1. The van der Waals surface area contributed by atoms with Crippen molar-refractivity contribution >= 4 is 28.9 Å². The summed E-state index contributed by atoms with van der Waals surface area (Å²) in [6.45, 7) is 1.76. The fourth-order valence-corrected chi connectivity index (χ4v) is 3.13. The Morgan fingerprint density at radius 3 is 2.50 bits per heavy atom. The summed E-state index contributed by atoms with van der Waals surface area (Å²) < 4.78 is 6.93. The maximum atomic E-state index is 12.8. The van der Waals surface area contributed by atoms with E-state index in [0.717, 1.165) is 5.56 Å². The molecule has 0 saturated heterocycles. The molecule has 5 heteroatoms. The second-order valence-corrected chi connectivity index (χ2v) is 5.91. The number of carbonyl (C=O) groups is 2. The van der Waals surface area contributed by atoms with Crippen molar-refractivity contribution in [1.82, 2.24) is 4.57 Å². The summed E-state index contributed by atoms with van der Waals surface area (Å²) in [5.74, 6) is -0.632. The molecule has 0 atom stereocenters. The van der Waals surface area contributed by atoms with Gasteiger partial charge in [-0.25, -0.2) is 0 Å². The highest BCUT2D eigenvalue weighted by molar-refractivity contribution is 6.04. The Hall–Kier alpha value is -3.34. The molecule has 1 aromatic heterocycles. The first-order valence-corrected chi connectivity index (χ1v) is 8.19. The van der Waals surface area contributed by atoms with Crippen LogP contribution in [-0.4, -0.2) is 28.7 Å². The van der Waals surface area contributed by atoms with Crippen molar-refractivity contribution in [3.8, 4) is 5.75 Å². The van der Waals surface area contributed by atoms with Crippen molar-refractivity contribution in [2.75, 3.05) is 7.11 Å². The van der Waals surface area contributed by atoms with Gasteiger partial charge in [0.2, 0.25) is 0 Å². The molecule has 0 aliphatic carbocycles.